The van der Waals surface area contributed by atoms with E-state index in [1.54, 1.807) is 38.1 Å². The zero-order valence-corrected chi connectivity index (χ0v) is 11.3. The Labute approximate surface area is 116 Å². The molecular formula is C16H15NO3. The molecule has 20 heavy (non-hydrogen) atoms. The van der Waals surface area contributed by atoms with E-state index in [0.29, 0.717) is 11.1 Å². The molecule has 0 aliphatic heterocycles. The fourth-order valence-electron chi connectivity index (χ4n) is 2.14. The van der Waals surface area contributed by atoms with E-state index in [4.69, 9.17) is 10.8 Å². The topological polar surface area (TPSA) is 80.4 Å². The fraction of sp³-hybridized carbons (Fsp3) is 0.125. The number of carboxylic acids is 1. The van der Waals surface area contributed by atoms with Gasteiger partial charge in [-0.05, 0) is 31.0 Å². The number of nitrogens with two attached hydrogens (primary N) is 1. The summed E-state index contributed by atoms with van der Waals surface area (Å²) in [7, 11) is 0. The summed E-state index contributed by atoms with van der Waals surface area (Å²) in [5.41, 5.74) is 8.08. The molecule has 3 N–H and O–H groups in total. The van der Waals surface area contributed by atoms with E-state index < -0.39 is 5.97 Å². The summed E-state index contributed by atoms with van der Waals surface area (Å²) >= 11 is 0. The summed E-state index contributed by atoms with van der Waals surface area (Å²) in [6, 6.07) is 10.2. The number of hydrogen-bond donors (Lipinski definition) is 2. The predicted molar refractivity (Wildman–Crippen MR) is 77.2 cm³/mol. The van der Waals surface area contributed by atoms with Crippen LogP contribution in [0.1, 0.15) is 37.4 Å². The summed E-state index contributed by atoms with van der Waals surface area (Å²) in [4.78, 5) is 23.7. The molecule has 2 aromatic rings. The molecule has 0 fully saturated rings. The van der Waals surface area contributed by atoms with Crippen molar-refractivity contribution in [2.75, 3.05) is 5.73 Å². The molecule has 0 aliphatic rings. The maximum atomic E-state index is 12.5. The van der Waals surface area contributed by atoms with Crippen LogP contribution in [-0.4, -0.2) is 16.9 Å². The van der Waals surface area contributed by atoms with Crippen LogP contribution in [0.4, 0.5) is 5.69 Å². The Morgan fingerprint density at radius 2 is 1.70 bits per heavy atom. The van der Waals surface area contributed by atoms with Crippen molar-refractivity contribution < 1.29 is 14.7 Å². The molecule has 0 radical (unpaired) electrons. The van der Waals surface area contributed by atoms with Gasteiger partial charge in [-0.25, -0.2) is 4.79 Å². The van der Waals surface area contributed by atoms with Crippen molar-refractivity contribution in [3.63, 3.8) is 0 Å². The highest BCUT2D eigenvalue weighted by atomic mass is 16.4. The third kappa shape index (κ3) is 2.28. The Morgan fingerprint density at radius 1 is 1.10 bits per heavy atom. The van der Waals surface area contributed by atoms with Gasteiger partial charge in [0, 0.05) is 11.1 Å². The predicted octanol–water partition coefficient (Wildman–Crippen LogP) is 2.81. The first-order valence-corrected chi connectivity index (χ1v) is 6.16. The monoisotopic (exact) mass is 269 g/mol. The lowest BCUT2D eigenvalue weighted by Gasteiger charge is -2.14. The Bertz CT molecular complexity index is 691. The van der Waals surface area contributed by atoms with Crippen molar-refractivity contribution in [2.45, 2.75) is 13.8 Å². The largest absolute Gasteiger partial charge is 0.478 e. The van der Waals surface area contributed by atoms with Gasteiger partial charge >= 0.3 is 5.97 Å². The number of anilines is 1. The van der Waals surface area contributed by atoms with E-state index in [2.05, 4.69) is 0 Å². The minimum atomic E-state index is -1.13. The molecule has 0 aliphatic carbocycles. The highest BCUT2D eigenvalue weighted by Gasteiger charge is 2.21. The van der Waals surface area contributed by atoms with Gasteiger partial charge in [0.25, 0.3) is 0 Å². The lowest BCUT2D eigenvalue weighted by atomic mass is 9.91. The molecule has 0 heterocycles. The lowest BCUT2D eigenvalue weighted by molar-refractivity contribution is 0.0698. The van der Waals surface area contributed by atoms with Gasteiger partial charge < -0.3 is 10.8 Å². The van der Waals surface area contributed by atoms with Crippen molar-refractivity contribution in [1.82, 2.24) is 0 Å². The fourth-order valence-corrected chi connectivity index (χ4v) is 2.14. The van der Waals surface area contributed by atoms with Gasteiger partial charge in [-0.1, -0.05) is 30.3 Å². The standard InChI is InChI=1S/C16H15NO3/c1-9-8-12(16(19)20)14(17)13(10(9)2)15(18)11-6-4-3-5-7-11/h3-8H,17H2,1-2H3,(H,19,20). The van der Waals surface area contributed by atoms with Gasteiger partial charge in [0.1, 0.15) is 0 Å². The number of rotatable bonds is 3. The van der Waals surface area contributed by atoms with Crippen LogP contribution in [-0.2, 0) is 0 Å². The van der Waals surface area contributed by atoms with E-state index in [0.717, 1.165) is 5.56 Å². The number of nitrogen functional groups attached to an aromatic ring is 1. The van der Waals surface area contributed by atoms with E-state index >= 15 is 0 Å². The Kier molecular flexibility index (Phi) is 3.57. The van der Waals surface area contributed by atoms with E-state index in [1.807, 2.05) is 6.07 Å². The van der Waals surface area contributed by atoms with Crippen LogP contribution in [0.15, 0.2) is 36.4 Å². The lowest BCUT2D eigenvalue weighted by Crippen LogP contribution is -2.13. The number of hydrogen-bond acceptors (Lipinski definition) is 3. The first-order chi connectivity index (χ1) is 9.43. The minimum absolute atomic E-state index is 0.0226. The molecule has 0 spiro atoms. The first kappa shape index (κ1) is 13.8. The van der Waals surface area contributed by atoms with Crippen molar-refractivity contribution >= 4 is 17.4 Å². The molecule has 0 atom stereocenters. The number of benzene rings is 2. The third-order valence-corrected chi connectivity index (χ3v) is 3.38. The molecule has 0 unspecified atom stereocenters. The van der Waals surface area contributed by atoms with Gasteiger partial charge in [0.15, 0.2) is 5.78 Å². The summed E-state index contributed by atoms with van der Waals surface area (Å²) in [6.45, 7) is 3.54. The van der Waals surface area contributed by atoms with Crippen LogP contribution in [0.3, 0.4) is 0 Å². The van der Waals surface area contributed by atoms with Crippen LogP contribution >= 0.6 is 0 Å². The molecule has 0 saturated carbocycles. The number of aryl methyl sites for hydroxylation is 1. The molecule has 0 bridgehead atoms. The Hall–Kier alpha value is -2.62. The third-order valence-electron chi connectivity index (χ3n) is 3.38. The highest BCUT2D eigenvalue weighted by Crippen LogP contribution is 2.27. The maximum absolute atomic E-state index is 12.5. The molecule has 4 nitrogen and oxygen atoms in total. The summed E-state index contributed by atoms with van der Waals surface area (Å²) in [5, 5.41) is 9.17. The number of carbonyl (C=O) groups excluding carboxylic acids is 1. The number of ketones is 1. The molecule has 102 valence electrons. The van der Waals surface area contributed by atoms with Gasteiger partial charge in [0.2, 0.25) is 0 Å². The number of carboxylic acid groups (broad SMARTS) is 1. The molecule has 0 aromatic heterocycles. The van der Waals surface area contributed by atoms with Crippen LogP contribution in [0.5, 0.6) is 0 Å². The molecule has 0 amide bonds. The molecule has 4 heteroatoms. The van der Waals surface area contributed by atoms with Crippen molar-refractivity contribution in [1.29, 1.82) is 0 Å². The number of aromatic carboxylic acids is 1. The smallest absolute Gasteiger partial charge is 0.337 e. The highest BCUT2D eigenvalue weighted by molar-refractivity contribution is 6.15. The van der Waals surface area contributed by atoms with Gasteiger partial charge in [0.05, 0.1) is 11.3 Å². The van der Waals surface area contributed by atoms with Gasteiger partial charge in [-0.15, -0.1) is 0 Å². The van der Waals surface area contributed by atoms with E-state index in [-0.39, 0.29) is 22.6 Å². The second kappa shape index (κ2) is 5.17. The summed E-state index contributed by atoms with van der Waals surface area (Å²) in [6.07, 6.45) is 0. The Balaban J connectivity index is 2.68. The van der Waals surface area contributed by atoms with Gasteiger partial charge in [-0.2, -0.15) is 0 Å². The van der Waals surface area contributed by atoms with E-state index in [9.17, 15) is 9.59 Å². The molecular weight excluding hydrogens is 254 g/mol. The zero-order valence-electron chi connectivity index (χ0n) is 11.3. The number of carbonyl (C=O) groups is 2. The summed E-state index contributed by atoms with van der Waals surface area (Å²) < 4.78 is 0. The normalized spacial score (nSPS) is 10.3. The Morgan fingerprint density at radius 3 is 2.25 bits per heavy atom. The molecule has 0 saturated heterocycles. The van der Waals surface area contributed by atoms with Gasteiger partial charge in [-0.3, -0.25) is 4.79 Å². The minimum Gasteiger partial charge on any atom is -0.478 e. The van der Waals surface area contributed by atoms with Crippen molar-refractivity contribution in [2.24, 2.45) is 0 Å². The van der Waals surface area contributed by atoms with Crippen molar-refractivity contribution in [3.05, 3.63) is 64.2 Å². The van der Waals surface area contributed by atoms with Crippen LogP contribution in [0.2, 0.25) is 0 Å². The van der Waals surface area contributed by atoms with Crippen LogP contribution in [0.25, 0.3) is 0 Å². The maximum Gasteiger partial charge on any atom is 0.337 e. The quantitative estimate of drug-likeness (QED) is 0.663. The second-order valence-electron chi connectivity index (χ2n) is 4.66. The van der Waals surface area contributed by atoms with Crippen molar-refractivity contribution in [3.8, 4) is 0 Å². The second-order valence-corrected chi connectivity index (χ2v) is 4.66. The average molecular weight is 269 g/mol. The van der Waals surface area contributed by atoms with Crippen LogP contribution < -0.4 is 5.73 Å². The zero-order chi connectivity index (χ0) is 14.9. The van der Waals surface area contributed by atoms with Crippen LogP contribution in [0, 0.1) is 13.8 Å². The summed E-state index contributed by atoms with van der Waals surface area (Å²) in [5.74, 6) is -1.39. The SMILES string of the molecule is Cc1cc(C(=O)O)c(N)c(C(=O)c2ccccc2)c1C. The molecule has 2 aromatic carbocycles. The molecule has 2 rings (SSSR count). The average Bonchev–Trinajstić information content (AvgIpc) is 2.43. The first-order valence-electron chi connectivity index (χ1n) is 6.16. The van der Waals surface area contributed by atoms with E-state index in [1.165, 1.54) is 6.07 Å².